The molecule has 0 aliphatic heterocycles. The molecular weight excluding hydrogens is 230 g/mol. The molecule has 0 fully saturated rings. The molecule has 0 saturated heterocycles. The lowest BCUT2D eigenvalue weighted by molar-refractivity contribution is -0.140. The number of hydrogen-bond donors (Lipinski definition) is 1. The summed E-state index contributed by atoms with van der Waals surface area (Å²) in [5, 5.41) is 7.11. The fourth-order valence-electron chi connectivity index (χ4n) is 1.96. The molecule has 0 spiro atoms. The second-order valence-corrected chi connectivity index (χ2v) is 4.52. The Morgan fingerprint density at radius 3 is 2.67 bits per heavy atom. The summed E-state index contributed by atoms with van der Waals surface area (Å²) in [5.41, 5.74) is 3.27. The number of likely N-dealkylation sites (N-methyl/N-ethyl adjacent to an activating group) is 1. The minimum Gasteiger partial charge on any atom is -0.369 e. The number of ether oxygens (including phenoxy) is 1. The van der Waals surface area contributed by atoms with Crippen molar-refractivity contribution in [2.75, 3.05) is 20.2 Å². The molecule has 102 valence electrons. The second kappa shape index (κ2) is 6.54. The highest BCUT2D eigenvalue weighted by molar-refractivity contribution is 5.80. The van der Waals surface area contributed by atoms with Crippen LogP contribution in [0.3, 0.4) is 0 Å². The molecule has 1 heterocycles. The number of amides is 1. The van der Waals surface area contributed by atoms with Crippen LogP contribution < -0.4 is 0 Å². The van der Waals surface area contributed by atoms with Crippen molar-refractivity contribution >= 4 is 5.91 Å². The van der Waals surface area contributed by atoms with Crippen molar-refractivity contribution in [1.29, 1.82) is 0 Å². The molecule has 1 N–H and O–H groups in total. The van der Waals surface area contributed by atoms with Crippen LogP contribution in [0.5, 0.6) is 0 Å². The molecule has 1 aromatic heterocycles. The van der Waals surface area contributed by atoms with Crippen molar-refractivity contribution < 1.29 is 9.53 Å². The van der Waals surface area contributed by atoms with E-state index in [2.05, 4.69) is 10.2 Å². The summed E-state index contributed by atoms with van der Waals surface area (Å²) in [7, 11) is 1.81. The standard InChI is InChI=1S/C13H23N3O2/c1-6-18-11(4)13(17)16(5)8-7-12-9(2)14-15-10(12)3/h11H,6-8H2,1-5H3,(H,14,15). The predicted octanol–water partition coefficient (Wildman–Crippen LogP) is 1.45. The molecule has 1 rings (SSSR count). The van der Waals surface area contributed by atoms with E-state index in [9.17, 15) is 4.79 Å². The lowest BCUT2D eigenvalue weighted by Gasteiger charge is -2.21. The molecule has 0 bridgehead atoms. The van der Waals surface area contributed by atoms with Crippen molar-refractivity contribution in [3.63, 3.8) is 0 Å². The van der Waals surface area contributed by atoms with Gasteiger partial charge in [0, 0.05) is 25.9 Å². The largest absolute Gasteiger partial charge is 0.369 e. The number of nitrogens with one attached hydrogen (secondary N) is 1. The van der Waals surface area contributed by atoms with E-state index >= 15 is 0 Å². The Balaban J connectivity index is 2.51. The predicted molar refractivity (Wildman–Crippen MR) is 70.5 cm³/mol. The van der Waals surface area contributed by atoms with E-state index in [0.29, 0.717) is 13.2 Å². The number of carbonyl (C=O) groups excluding carboxylic acids is 1. The summed E-state index contributed by atoms with van der Waals surface area (Å²) in [4.78, 5) is 13.7. The average Bonchev–Trinajstić information content (AvgIpc) is 2.65. The number of aromatic nitrogens is 2. The zero-order valence-corrected chi connectivity index (χ0v) is 11.9. The maximum Gasteiger partial charge on any atom is 0.251 e. The van der Waals surface area contributed by atoms with Gasteiger partial charge in [0.25, 0.3) is 5.91 Å². The van der Waals surface area contributed by atoms with E-state index in [1.54, 1.807) is 11.8 Å². The monoisotopic (exact) mass is 253 g/mol. The van der Waals surface area contributed by atoms with Gasteiger partial charge in [-0.25, -0.2) is 0 Å². The summed E-state index contributed by atoms with van der Waals surface area (Å²) in [6.45, 7) is 8.89. The molecule has 0 aliphatic rings. The maximum absolute atomic E-state index is 11.9. The zero-order valence-electron chi connectivity index (χ0n) is 11.9. The first-order chi connectivity index (χ1) is 8.47. The van der Waals surface area contributed by atoms with E-state index in [1.165, 1.54) is 5.56 Å². The SMILES string of the molecule is CCOC(C)C(=O)N(C)CCc1c(C)n[nH]c1C. The summed E-state index contributed by atoms with van der Waals surface area (Å²) < 4.78 is 5.30. The molecular formula is C13H23N3O2. The third-order valence-electron chi connectivity index (χ3n) is 3.12. The fourth-order valence-corrected chi connectivity index (χ4v) is 1.96. The first-order valence-electron chi connectivity index (χ1n) is 6.34. The van der Waals surface area contributed by atoms with Crippen LogP contribution in [-0.4, -0.2) is 47.3 Å². The van der Waals surface area contributed by atoms with Gasteiger partial charge >= 0.3 is 0 Å². The molecule has 5 nitrogen and oxygen atoms in total. The Hall–Kier alpha value is -1.36. The highest BCUT2D eigenvalue weighted by Gasteiger charge is 2.18. The molecule has 0 radical (unpaired) electrons. The van der Waals surface area contributed by atoms with Crippen molar-refractivity contribution in [2.24, 2.45) is 0 Å². The molecule has 1 atom stereocenters. The van der Waals surface area contributed by atoms with Crippen molar-refractivity contribution in [2.45, 2.75) is 40.2 Å². The van der Waals surface area contributed by atoms with Crippen LogP contribution >= 0.6 is 0 Å². The van der Waals surface area contributed by atoms with Crippen LogP contribution in [0, 0.1) is 13.8 Å². The molecule has 1 amide bonds. The number of rotatable bonds is 6. The Bertz CT molecular complexity index is 381. The maximum atomic E-state index is 11.9. The molecule has 1 aromatic rings. The number of nitrogens with zero attached hydrogens (tertiary/aromatic N) is 2. The van der Waals surface area contributed by atoms with Crippen molar-refractivity contribution in [3.05, 3.63) is 17.0 Å². The van der Waals surface area contributed by atoms with Gasteiger partial charge < -0.3 is 9.64 Å². The minimum atomic E-state index is -0.369. The minimum absolute atomic E-state index is 0.0238. The molecule has 0 aromatic carbocycles. The van der Waals surface area contributed by atoms with E-state index in [0.717, 1.165) is 17.8 Å². The lowest BCUT2D eigenvalue weighted by Crippen LogP contribution is -2.37. The van der Waals surface area contributed by atoms with Gasteiger partial charge in [-0.3, -0.25) is 9.89 Å². The molecule has 1 unspecified atom stereocenters. The van der Waals surface area contributed by atoms with Gasteiger partial charge in [0.1, 0.15) is 6.10 Å². The van der Waals surface area contributed by atoms with Crippen LogP contribution in [0.15, 0.2) is 0 Å². The summed E-state index contributed by atoms with van der Waals surface area (Å²) in [6.07, 6.45) is 0.446. The third-order valence-corrected chi connectivity index (χ3v) is 3.12. The second-order valence-electron chi connectivity index (χ2n) is 4.52. The summed E-state index contributed by atoms with van der Waals surface area (Å²) in [5.74, 6) is 0.0238. The van der Waals surface area contributed by atoms with Crippen LogP contribution in [0.4, 0.5) is 0 Å². The number of aryl methyl sites for hydroxylation is 2. The smallest absolute Gasteiger partial charge is 0.251 e. The molecule has 0 aliphatic carbocycles. The third kappa shape index (κ3) is 3.57. The van der Waals surface area contributed by atoms with E-state index < -0.39 is 0 Å². The number of hydrogen-bond acceptors (Lipinski definition) is 3. The topological polar surface area (TPSA) is 58.2 Å². The Morgan fingerprint density at radius 2 is 2.17 bits per heavy atom. The van der Waals surface area contributed by atoms with Crippen LogP contribution in [-0.2, 0) is 16.0 Å². The van der Waals surface area contributed by atoms with Crippen molar-refractivity contribution in [3.8, 4) is 0 Å². The quantitative estimate of drug-likeness (QED) is 0.835. The summed E-state index contributed by atoms with van der Waals surface area (Å²) in [6, 6.07) is 0. The van der Waals surface area contributed by atoms with Crippen LogP contribution in [0.1, 0.15) is 30.8 Å². The van der Waals surface area contributed by atoms with Crippen molar-refractivity contribution in [1.82, 2.24) is 15.1 Å². The fraction of sp³-hybridized carbons (Fsp3) is 0.692. The molecule has 18 heavy (non-hydrogen) atoms. The molecule has 5 heteroatoms. The highest BCUT2D eigenvalue weighted by atomic mass is 16.5. The van der Waals surface area contributed by atoms with Gasteiger partial charge in [-0.2, -0.15) is 5.10 Å². The average molecular weight is 253 g/mol. The van der Waals surface area contributed by atoms with Gasteiger partial charge in [-0.05, 0) is 39.7 Å². The van der Waals surface area contributed by atoms with Crippen LogP contribution in [0.2, 0.25) is 0 Å². The first kappa shape index (κ1) is 14.7. The number of aromatic amines is 1. The zero-order chi connectivity index (χ0) is 13.7. The normalized spacial score (nSPS) is 12.5. The highest BCUT2D eigenvalue weighted by Crippen LogP contribution is 2.10. The van der Waals surface area contributed by atoms with E-state index in [4.69, 9.17) is 4.74 Å². The Morgan fingerprint density at radius 1 is 1.50 bits per heavy atom. The number of carbonyl (C=O) groups is 1. The first-order valence-corrected chi connectivity index (χ1v) is 6.34. The van der Waals surface area contributed by atoms with Gasteiger partial charge in [-0.1, -0.05) is 0 Å². The Kier molecular flexibility index (Phi) is 5.34. The van der Waals surface area contributed by atoms with Gasteiger partial charge in [0.15, 0.2) is 0 Å². The molecule has 0 saturated carbocycles. The lowest BCUT2D eigenvalue weighted by atomic mass is 10.1. The van der Waals surface area contributed by atoms with Gasteiger partial charge in [0.05, 0.1) is 5.69 Å². The van der Waals surface area contributed by atoms with E-state index in [-0.39, 0.29) is 12.0 Å². The Labute approximate surface area is 109 Å². The van der Waals surface area contributed by atoms with E-state index in [1.807, 2.05) is 27.8 Å². The summed E-state index contributed by atoms with van der Waals surface area (Å²) >= 11 is 0. The number of H-pyrrole nitrogens is 1. The van der Waals surface area contributed by atoms with Gasteiger partial charge in [-0.15, -0.1) is 0 Å². The van der Waals surface area contributed by atoms with Crippen LogP contribution in [0.25, 0.3) is 0 Å². The van der Waals surface area contributed by atoms with Gasteiger partial charge in [0.2, 0.25) is 0 Å².